The van der Waals surface area contributed by atoms with Crippen molar-refractivity contribution in [3.63, 3.8) is 0 Å². The first kappa shape index (κ1) is 18.2. The molecule has 3 rings (SSSR count). The van der Waals surface area contributed by atoms with E-state index in [1.165, 1.54) is 30.8 Å². The van der Waals surface area contributed by atoms with Gasteiger partial charge in [-0.1, -0.05) is 23.7 Å². The van der Waals surface area contributed by atoms with Crippen molar-refractivity contribution in [2.45, 2.75) is 25.4 Å². The molecule has 1 atom stereocenters. The summed E-state index contributed by atoms with van der Waals surface area (Å²) < 4.78 is 0. The minimum absolute atomic E-state index is 0.401. The summed E-state index contributed by atoms with van der Waals surface area (Å²) in [5, 5.41) is 9.47. The number of aromatic nitrogens is 1. The SMILES string of the molecule is CN=C(NCc1ccc(Cl)nc1)NCC(c1cccs1)N1CCCC1. The number of halogens is 1. The standard InChI is InChI=1S/C18H24ClN5S/c1-20-18(22-12-14-6-7-17(19)21-11-14)23-13-15(16-5-4-10-25-16)24-8-2-3-9-24/h4-7,10-11,15H,2-3,8-9,12-13H2,1H3,(H2,20,22,23). The predicted octanol–water partition coefficient (Wildman–Crippen LogP) is 3.30. The van der Waals surface area contributed by atoms with E-state index in [2.05, 4.69) is 43.0 Å². The van der Waals surface area contributed by atoms with Gasteiger partial charge in [0.25, 0.3) is 0 Å². The Kier molecular flexibility index (Phi) is 6.67. The van der Waals surface area contributed by atoms with Crippen LogP contribution in [0.25, 0.3) is 0 Å². The smallest absolute Gasteiger partial charge is 0.191 e. The highest BCUT2D eigenvalue weighted by molar-refractivity contribution is 7.10. The highest BCUT2D eigenvalue weighted by atomic mass is 35.5. The third kappa shape index (κ3) is 5.17. The van der Waals surface area contributed by atoms with E-state index < -0.39 is 0 Å². The number of guanidine groups is 1. The van der Waals surface area contributed by atoms with Gasteiger partial charge < -0.3 is 10.6 Å². The molecule has 0 radical (unpaired) electrons. The van der Waals surface area contributed by atoms with Crippen LogP contribution in [0.2, 0.25) is 5.15 Å². The van der Waals surface area contributed by atoms with Crippen molar-refractivity contribution in [1.29, 1.82) is 0 Å². The number of aliphatic imine (C=N–C) groups is 1. The number of nitrogens with one attached hydrogen (secondary N) is 2. The van der Waals surface area contributed by atoms with Crippen LogP contribution in [0.5, 0.6) is 0 Å². The van der Waals surface area contributed by atoms with Crippen molar-refractivity contribution in [2.75, 3.05) is 26.7 Å². The summed E-state index contributed by atoms with van der Waals surface area (Å²) >= 11 is 7.65. The molecule has 1 unspecified atom stereocenters. The molecule has 2 aromatic rings. The van der Waals surface area contributed by atoms with Crippen LogP contribution in [0.3, 0.4) is 0 Å². The van der Waals surface area contributed by atoms with Gasteiger partial charge in [0.1, 0.15) is 5.15 Å². The van der Waals surface area contributed by atoms with E-state index in [0.29, 0.717) is 17.7 Å². The first-order chi connectivity index (χ1) is 12.3. The molecule has 0 aromatic carbocycles. The lowest BCUT2D eigenvalue weighted by atomic mass is 10.2. The van der Waals surface area contributed by atoms with Gasteiger partial charge in [-0.15, -0.1) is 11.3 Å². The Bertz CT molecular complexity index is 665. The average molecular weight is 378 g/mol. The maximum absolute atomic E-state index is 5.83. The van der Waals surface area contributed by atoms with Gasteiger partial charge in [0.05, 0.1) is 6.04 Å². The number of hydrogen-bond acceptors (Lipinski definition) is 4. The molecule has 2 N–H and O–H groups in total. The van der Waals surface area contributed by atoms with E-state index >= 15 is 0 Å². The van der Waals surface area contributed by atoms with Crippen LogP contribution in [0.15, 0.2) is 40.8 Å². The zero-order valence-corrected chi connectivity index (χ0v) is 16.0. The molecule has 0 spiro atoms. The van der Waals surface area contributed by atoms with Crippen molar-refractivity contribution in [2.24, 2.45) is 4.99 Å². The summed E-state index contributed by atoms with van der Waals surface area (Å²) in [4.78, 5) is 12.4. The topological polar surface area (TPSA) is 52.6 Å². The number of nitrogens with zero attached hydrogens (tertiary/aromatic N) is 3. The van der Waals surface area contributed by atoms with Crippen molar-refractivity contribution >= 4 is 28.9 Å². The average Bonchev–Trinajstić information content (AvgIpc) is 3.33. The summed E-state index contributed by atoms with van der Waals surface area (Å²) in [6.45, 7) is 3.86. The highest BCUT2D eigenvalue weighted by Crippen LogP contribution is 2.27. The molecule has 25 heavy (non-hydrogen) atoms. The minimum Gasteiger partial charge on any atom is -0.354 e. The van der Waals surface area contributed by atoms with E-state index in [1.807, 2.05) is 17.4 Å². The fourth-order valence-electron chi connectivity index (χ4n) is 3.05. The molecule has 2 aromatic heterocycles. The van der Waals surface area contributed by atoms with Gasteiger partial charge in [-0.25, -0.2) is 4.98 Å². The number of pyridine rings is 1. The Hall–Kier alpha value is -1.63. The summed E-state index contributed by atoms with van der Waals surface area (Å²) in [7, 11) is 1.80. The van der Waals surface area contributed by atoms with Gasteiger partial charge in [0.15, 0.2) is 5.96 Å². The molecule has 7 heteroatoms. The van der Waals surface area contributed by atoms with Crippen LogP contribution >= 0.6 is 22.9 Å². The van der Waals surface area contributed by atoms with Gasteiger partial charge in [0, 0.05) is 31.2 Å². The van der Waals surface area contributed by atoms with E-state index in [9.17, 15) is 0 Å². The predicted molar refractivity (Wildman–Crippen MR) is 105 cm³/mol. The van der Waals surface area contributed by atoms with Crippen LogP contribution in [0.4, 0.5) is 0 Å². The minimum atomic E-state index is 0.401. The maximum atomic E-state index is 5.83. The Morgan fingerprint density at radius 2 is 2.16 bits per heavy atom. The van der Waals surface area contributed by atoms with Crippen LogP contribution in [0, 0.1) is 0 Å². The molecular weight excluding hydrogens is 354 g/mol. The van der Waals surface area contributed by atoms with Gasteiger partial charge in [-0.3, -0.25) is 9.89 Å². The second-order valence-corrected chi connectivity index (χ2v) is 7.44. The number of rotatable bonds is 6. The zero-order chi connectivity index (χ0) is 17.5. The summed E-state index contributed by atoms with van der Waals surface area (Å²) in [5.41, 5.74) is 1.07. The Balaban J connectivity index is 1.55. The zero-order valence-electron chi connectivity index (χ0n) is 14.4. The molecule has 0 saturated carbocycles. The Morgan fingerprint density at radius 1 is 1.32 bits per heavy atom. The maximum Gasteiger partial charge on any atom is 0.191 e. The molecule has 134 valence electrons. The Labute approximate surface area is 158 Å². The first-order valence-corrected chi connectivity index (χ1v) is 9.84. The third-order valence-electron chi connectivity index (χ3n) is 4.39. The molecule has 1 aliphatic heterocycles. The van der Waals surface area contributed by atoms with Crippen molar-refractivity contribution in [3.05, 3.63) is 51.4 Å². The van der Waals surface area contributed by atoms with Gasteiger partial charge in [-0.05, 0) is 49.0 Å². The highest BCUT2D eigenvalue weighted by Gasteiger charge is 2.24. The normalized spacial score (nSPS) is 16.8. The van der Waals surface area contributed by atoms with Crippen LogP contribution in [-0.2, 0) is 6.54 Å². The van der Waals surface area contributed by atoms with E-state index in [0.717, 1.165) is 18.1 Å². The lowest BCUT2D eigenvalue weighted by Gasteiger charge is -2.27. The second-order valence-electron chi connectivity index (χ2n) is 6.07. The fraction of sp³-hybridized carbons (Fsp3) is 0.444. The molecule has 0 amide bonds. The largest absolute Gasteiger partial charge is 0.354 e. The van der Waals surface area contributed by atoms with Crippen LogP contribution < -0.4 is 10.6 Å². The van der Waals surface area contributed by atoms with Crippen LogP contribution in [0.1, 0.15) is 29.3 Å². The number of thiophene rings is 1. The second kappa shape index (κ2) is 9.17. The molecule has 1 aliphatic rings. The summed E-state index contributed by atoms with van der Waals surface area (Å²) in [6.07, 6.45) is 4.36. The summed E-state index contributed by atoms with van der Waals surface area (Å²) in [5.74, 6) is 0.802. The third-order valence-corrected chi connectivity index (χ3v) is 5.59. The lowest BCUT2D eigenvalue weighted by Crippen LogP contribution is -2.42. The van der Waals surface area contributed by atoms with Crippen molar-refractivity contribution in [1.82, 2.24) is 20.5 Å². The quantitative estimate of drug-likeness (QED) is 0.460. The Morgan fingerprint density at radius 3 is 2.80 bits per heavy atom. The molecule has 0 bridgehead atoms. The summed E-state index contributed by atoms with van der Waals surface area (Å²) in [6, 6.07) is 8.52. The van der Waals surface area contributed by atoms with E-state index in [-0.39, 0.29) is 0 Å². The van der Waals surface area contributed by atoms with Crippen molar-refractivity contribution < 1.29 is 0 Å². The number of likely N-dealkylation sites (tertiary alicyclic amines) is 1. The van der Waals surface area contributed by atoms with Gasteiger partial charge in [-0.2, -0.15) is 0 Å². The van der Waals surface area contributed by atoms with E-state index in [1.54, 1.807) is 19.3 Å². The monoisotopic (exact) mass is 377 g/mol. The molecule has 0 aliphatic carbocycles. The van der Waals surface area contributed by atoms with Gasteiger partial charge in [0.2, 0.25) is 0 Å². The van der Waals surface area contributed by atoms with Gasteiger partial charge >= 0.3 is 0 Å². The molecule has 1 fully saturated rings. The molecule has 1 saturated heterocycles. The van der Waals surface area contributed by atoms with E-state index in [4.69, 9.17) is 11.6 Å². The van der Waals surface area contributed by atoms with Crippen molar-refractivity contribution in [3.8, 4) is 0 Å². The lowest BCUT2D eigenvalue weighted by molar-refractivity contribution is 0.249. The first-order valence-electron chi connectivity index (χ1n) is 8.58. The molecule has 3 heterocycles. The number of hydrogen-bond donors (Lipinski definition) is 2. The van der Waals surface area contributed by atoms with Crippen LogP contribution in [-0.4, -0.2) is 42.5 Å². The molecular formula is C18H24ClN5S. The molecule has 5 nitrogen and oxygen atoms in total. The fourth-order valence-corrected chi connectivity index (χ4v) is 4.03.